The largest absolute Gasteiger partial charge is 0.492 e. The van der Waals surface area contributed by atoms with Crippen LogP contribution in [0.3, 0.4) is 0 Å². The summed E-state index contributed by atoms with van der Waals surface area (Å²) in [5.74, 6) is 0.695. The highest BCUT2D eigenvalue weighted by molar-refractivity contribution is 6.31. The van der Waals surface area contributed by atoms with Crippen molar-refractivity contribution in [3.8, 4) is 17.0 Å². The average Bonchev–Trinajstić information content (AvgIpc) is 3.10. The zero-order valence-corrected chi connectivity index (χ0v) is 21.5. The van der Waals surface area contributed by atoms with Crippen LogP contribution < -0.4 is 10.1 Å². The van der Waals surface area contributed by atoms with Crippen molar-refractivity contribution >= 4 is 28.9 Å². The van der Waals surface area contributed by atoms with E-state index >= 15 is 0 Å². The van der Waals surface area contributed by atoms with E-state index in [0.29, 0.717) is 23.2 Å². The number of aromatic nitrogens is 3. The minimum Gasteiger partial charge on any atom is -0.492 e. The molecular weight excluding hydrogens is 478 g/mol. The zero-order valence-electron chi connectivity index (χ0n) is 20.8. The minimum atomic E-state index is -0.219. The van der Waals surface area contributed by atoms with Crippen molar-refractivity contribution in [1.29, 1.82) is 0 Å². The van der Waals surface area contributed by atoms with Crippen molar-refractivity contribution < 1.29 is 14.3 Å². The number of carbonyl (C=O) groups excluding carboxylic acids is 2. The number of halogens is 1. The Labute approximate surface area is 215 Å². The first kappa shape index (κ1) is 23.4. The Morgan fingerprint density at radius 2 is 1.97 bits per heavy atom. The molecular formula is C27H30ClN5O3. The summed E-state index contributed by atoms with van der Waals surface area (Å²) in [6, 6.07) is 5.72. The number of hydrogen-bond donors (Lipinski definition) is 1. The number of likely N-dealkylation sites (tertiary alicyclic amines) is 1. The van der Waals surface area contributed by atoms with E-state index in [1.165, 1.54) is 11.2 Å². The molecule has 188 valence electrons. The van der Waals surface area contributed by atoms with Crippen LogP contribution in [0.15, 0.2) is 30.7 Å². The summed E-state index contributed by atoms with van der Waals surface area (Å²) in [6.07, 6.45) is 5.64. The van der Waals surface area contributed by atoms with E-state index in [1.54, 1.807) is 4.52 Å². The number of rotatable bonds is 6. The third-order valence-electron chi connectivity index (χ3n) is 8.05. The van der Waals surface area contributed by atoms with E-state index in [-0.39, 0.29) is 35.6 Å². The number of hydrogen-bond acceptors (Lipinski definition) is 6. The van der Waals surface area contributed by atoms with Gasteiger partial charge in [-0.05, 0) is 61.1 Å². The van der Waals surface area contributed by atoms with E-state index < -0.39 is 0 Å². The van der Waals surface area contributed by atoms with Crippen molar-refractivity contribution in [1.82, 2.24) is 24.8 Å². The molecule has 3 fully saturated rings. The van der Waals surface area contributed by atoms with Gasteiger partial charge in [-0.15, -0.1) is 0 Å². The first-order chi connectivity index (χ1) is 17.3. The lowest BCUT2D eigenvalue weighted by molar-refractivity contribution is -0.143. The van der Waals surface area contributed by atoms with Gasteiger partial charge in [-0.25, -0.2) is 9.50 Å². The molecule has 8 nitrogen and oxygen atoms in total. The van der Waals surface area contributed by atoms with Crippen LogP contribution in [0.1, 0.15) is 37.8 Å². The van der Waals surface area contributed by atoms with Crippen LogP contribution in [-0.2, 0) is 16.1 Å². The van der Waals surface area contributed by atoms with Gasteiger partial charge in [0.1, 0.15) is 17.8 Å². The molecule has 3 aliphatic rings. The van der Waals surface area contributed by atoms with Crippen molar-refractivity contribution in [3.05, 3.63) is 46.9 Å². The Morgan fingerprint density at radius 1 is 1.19 bits per heavy atom. The maximum Gasteiger partial charge on any atom is 0.233 e. The molecule has 3 aromatic rings. The second kappa shape index (κ2) is 8.56. The Balaban J connectivity index is 1.31. The fourth-order valence-electron chi connectivity index (χ4n) is 5.98. The summed E-state index contributed by atoms with van der Waals surface area (Å²) < 4.78 is 8.11. The highest BCUT2D eigenvalue weighted by Gasteiger charge is 2.72. The summed E-state index contributed by atoms with van der Waals surface area (Å²) in [5, 5.41) is 8.42. The number of benzene rings is 1. The van der Waals surface area contributed by atoms with Crippen LogP contribution in [-0.4, -0.2) is 51.0 Å². The van der Waals surface area contributed by atoms with Gasteiger partial charge in [0, 0.05) is 29.2 Å². The van der Waals surface area contributed by atoms with E-state index in [1.807, 2.05) is 45.2 Å². The molecule has 2 saturated heterocycles. The molecule has 1 N–H and O–H groups in total. The SMILES string of the molecule is Cc1cc(Cl)cc(-c2ncnn3cc(CN4C(=O)C5C(C4=O)C5(C)C)cc23)c1OCC1CCCNC1. The number of piperidine rings is 2. The molecule has 2 aromatic heterocycles. The standard InChI is InChI=1S/C27H30ClN5O3/c1-15-7-18(28)9-19(24(15)36-13-16-5-4-6-29-10-16)23-20-8-17(12-33(20)31-14-30-23)11-32-25(34)21-22(26(32)35)27(21,2)3/h7-9,12,14,16,21-22,29H,4-6,10-11,13H2,1-3H3. The van der Waals surface area contributed by atoms with Crippen molar-refractivity contribution in [2.45, 2.75) is 40.2 Å². The Bertz CT molecular complexity index is 1350. The van der Waals surface area contributed by atoms with Gasteiger partial charge in [-0.2, -0.15) is 5.10 Å². The number of carbonyl (C=O) groups is 2. The maximum atomic E-state index is 12.8. The van der Waals surface area contributed by atoms with Crippen LogP contribution in [0.2, 0.25) is 5.02 Å². The first-order valence-corrected chi connectivity index (χ1v) is 12.9. The molecule has 3 atom stereocenters. The Kier molecular flexibility index (Phi) is 5.57. The molecule has 3 unspecified atom stereocenters. The third-order valence-corrected chi connectivity index (χ3v) is 8.27. The maximum absolute atomic E-state index is 12.8. The number of fused-ring (bicyclic) bond motifs is 2. The normalized spacial score (nSPS) is 24.9. The zero-order chi connectivity index (χ0) is 25.2. The lowest BCUT2D eigenvalue weighted by atomic mass is 10.0. The highest BCUT2D eigenvalue weighted by atomic mass is 35.5. The van der Waals surface area contributed by atoms with Gasteiger partial charge in [-0.1, -0.05) is 25.4 Å². The number of nitrogens with one attached hydrogen (secondary N) is 1. The van der Waals surface area contributed by atoms with E-state index in [9.17, 15) is 9.59 Å². The van der Waals surface area contributed by atoms with Crippen molar-refractivity contribution in [2.24, 2.45) is 23.2 Å². The lowest BCUT2D eigenvalue weighted by Gasteiger charge is -2.24. The second-order valence-electron chi connectivity index (χ2n) is 10.9. The first-order valence-electron chi connectivity index (χ1n) is 12.6. The predicted octanol–water partition coefficient (Wildman–Crippen LogP) is 3.88. The Hall–Kier alpha value is -2.97. The third kappa shape index (κ3) is 3.78. The van der Waals surface area contributed by atoms with Gasteiger partial charge in [-0.3, -0.25) is 14.5 Å². The van der Waals surface area contributed by atoms with Gasteiger partial charge >= 0.3 is 0 Å². The second-order valence-corrected chi connectivity index (χ2v) is 11.4. The topological polar surface area (TPSA) is 88.8 Å². The van der Waals surface area contributed by atoms with Gasteiger partial charge in [0.05, 0.1) is 30.5 Å². The molecule has 36 heavy (non-hydrogen) atoms. The summed E-state index contributed by atoms with van der Waals surface area (Å²) in [7, 11) is 0. The number of imide groups is 1. The van der Waals surface area contributed by atoms with Crippen LogP contribution in [0.5, 0.6) is 5.75 Å². The van der Waals surface area contributed by atoms with Crippen LogP contribution in [0.4, 0.5) is 0 Å². The molecule has 6 rings (SSSR count). The molecule has 0 radical (unpaired) electrons. The van der Waals surface area contributed by atoms with Gasteiger partial charge < -0.3 is 10.1 Å². The van der Waals surface area contributed by atoms with Crippen LogP contribution in [0, 0.1) is 30.1 Å². The summed E-state index contributed by atoms with van der Waals surface area (Å²) in [6.45, 7) is 8.83. The molecule has 1 saturated carbocycles. The quantitative estimate of drug-likeness (QED) is 0.509. The number of amides is 2. The van der Waals surface area contributed by atoms with Gasteiger partial charge in [0.25, 0.3) is 0 Å². The predicted molar refractivity (Wildman–Crippen MR) is 136 cm³/mol. The summed E-state index contributed by atoms with van der Waals surface area (Å²) >= 11 is 6.47. The summed E-state index contributed by atoms with van der Waals surface area (Å²) in [5.41, 5.74) is 3.82. The lowest BCUT2D eigenvalue weighted by Crippen LogP contribution is -2.35. The molecule has 1 aliphatic carbocycles. The fourth-order valence-corrected chi connectivity index (χ4v) is 6.26. The summed E-state index contributed by atoms with van der Waals surface area (Å²) in [4.78, 5) is 31.7. The smallest absolute Gasteiger partial charge is 0.233 e. The van der Waals surface area contributed by atoms with E-state index in [0.717, 1.165) is 53.9 Å². The molecule has 9 heteroatoms. The average molecular weight is 508 g/mol. The highest BCUT2D eigenvalue weighted by Crippen LogP contribution is 2.63. The molecule has 2 aliphatic heterocycles. The van der Waals surface area contributed by atoms with Gasteiger partial charge in [0.2, 0.25) is 11.8 Å². The fraction of sp³-hybridized carbons (Fsp3) is 0.481. The minimum absolute atomic E-state index is 0.0741. The van der Waals surface area contributed by atoms with Crippen LogP contribution in [0.25, 0.3) is 16.8 Å². The monoisotopic (exact) mass is 507 g/mol. The Morgan fingerprint density at radius 3 is 2.69 bits per heavy atom. The molecule has 0 bridgehead atoms. The number of ether oxygens (including phenoxy) is 1. The van der Waals surface area contributed by atoms with E-state index in [4.69, 9.17) is 16.3 Å². The molecule has 0 spiro atoms. The number of nitrogens with zero attached hydrogens (tertiary/aromatic N) is 4. The van der Waals surface area contributed by atoms with Crippen molar-refractivity contribution in [2.75, 3.05) is 19.7 Å². The van der Waals surface area contributed by atoms with Crippen LogP contribution >= 0.6 is 11.6 Å². The van der Waals surface area contributed by atoms with Gasteiger partial charge in [0.15, 0.2) is 0 Å². The number of aryl methyl sites for hydroxylation is 1. The molecule has 2 amide bonds. The molecule has 1 aromatic carbocycles. The van der Waals surface area contributed by atoms with E-state index in [2.05, 4.69) is 15.4 Å². The molecule has 4 heterocycles. The van der Waals surface area contributed by atoms with Crippen molar-refractivity contribution in [3.63, 3.8) is 0 Å².